The van der Waals surface area contributed by atoms with Gasteiger partial charge < -0.3 is 4.74 Å². The third-order valence-electron chi connectivity index (χ3n) is 2.09. The molecule has 0 aliphatic heterocycles. The monoisotopic (exact) mass is 239 g/mol. The van der Waals surface area contributed by atoms with Gasteiger partial charge in [0.25, 0.3) is 0 Å². The summed E-state index contributed by atoms with van der Waals surface area (Å²) in [6, 6.07) is 5.65. The zero-order valence-corrected chi connectivity index (χ0v) is 9.81. The number of hydrogen-bond acceptors (Lipinski definition) is 3. The second-order valence-electron chi connectivity index (χ2n) is 3.10. The van der Waals surface area contributed by atoms with Gasteiger partial charge in [-0.05, 0) is 18.2 Å². The number of ether oxygens (including phenoxy) is 1. The summed E-state index contributed by atoms with van der Waals surface area (Å²) in [4.78, 5) is 5.25. The fraction of sp³-hybridized carbons (Fsp3) is 0.182. The summed E-state index contributed by atoms with van der Waals surface area (Å²) >= 11 is 7.58. The molecule has 2 nitrogen and oxygen atoms in total. The molecule has 0 unspecified atom stereocenters. The molecular formula is C11H10ClNOS. The van der Waals surface area contributed by atoms with Crippen molar-refractivity contribution in [3.8, 4) is 5.75 Å². The summed E-state index contributed by atoms with van der Waals surface area (Å²) in [6.45, 7) is 0. The fourth-order valence-electron chi connectivity index (χ4n) is 1.40. The lowest BCUT2D eigenvalue weighted by molar-refractivity contribution is 0.410. The standard InChI is InChI=1S/C11H10ClNOS/c1-14-11-3-2-9(12)4-8(11)5-10-6-13-7-15-10/h2-4,6-7H,5H2,1H3. The Kier molecular flexibility index (Phi) is 3.23. The average molecular weight is 240 g/mol. The predicted molar refractivity (Wildman–Crippen MR) is 62.9 cm³/mol. The topological polar surface area (TPSA) is 22.1 Å². The minimum Gasteiger partial charge on any atom is -0.496 e. The lowest BCUT2D eigenvalue weighted by Crippen LogP contribution is -1.92. The minimum atomic E-state index is 0.732. The Labute approximate surface area is 97.5 Å². The van der Waals surface area contributed by atoms with Gasteiger partial charge in [0.05, 0.1) is 12.6 Å². The number of rotatable bonds is 3. The first-order chi connectivity index (χ1) is 7.29. The zero-order valence-electron chi connectivity index (χ0n) is 8.24. The van der Waals surface area contributed by atoms with Gasteiger partial charge in [0, 0.05) is 28.1 Å². The van der Waals surface area contributed by atoms with Crippen molar-refractivity contribution < 1.29 is 4.74 Å². The van der Waals surface area contributed by atoms with Crippen molar-refractivity contribution in [1.82, 2.24) is 4.98 Å². The van der Waals surface area contributed by atoms with E-state index >= 15 is 0 Å². The van der Waals surface area contributed by atoms with Crippen molar-refractivity contribution in [3.63, 3.8) is 0 Å². The number of aromatic nitrogens is 1. The summed E-state index contributed by atoms with van der Waals surface area (Å²) in [7, 11) is 1.67. The van der Waals surface area contributed by atoms with Crippen LogP contribution in [-0.2, 0) is 6.42 Å². The zero-order chi connectivity index (χ0) is 10.7. The van der Waals surface area contributed by atoms with Gasteiger partial charge in [0.1, 0.15) is 5.75 Å². The number of hydrogen-bond donors (Lipinski definition) is 0. The van der Waals surface area contributed by atoms with Crippen molar-refractivity contribution in [2.45, 2.75) is 6.42 Å². The lowest BCUT2D eigenvalue weighted by Gasteiger charge is -2.07. The van der Waals surface area contributed by atoms with Crippen LogP contribution in [0.2, 0.25) is 5.02 Å². The van der Waals surface area contributed by atoms with Gasteiger partial charge in [-0.15, -0.1) is 11.3 Å². The molecule has 0 saturated heterocycles. The molecule has 0 radical (unpaired) electrons. The highest BCUT2D eigenvalue weighted by atomic mass is 35.5. The molecule has 1 heterocycles. The highest BCUT2D eigenvalue weighted by Gasteiger charge is 2.05. The van der Waals surface area contributed by atoms with Crippen LogP contribution >= 0.6 is 22.9 Å². The molecule has 4 heteroatoms. The number of thiazole rings is 1. The molecule has 0 fully saturated rings. The molecule has 2 aromatic rings. The van der Waals surface area contributed by atoms with Gasteiger partial charge >= 0.3 is 0 Å². The van der Waals surface area contributed by atoms with Crippen LogP contribution in [0.5, 0.6) is 5.75 Å². The molecule has 2 rings (SSSR count). The van der Waals surface area contributed by atoms with Crippen molar-refractivity contribution in [3.05, 3.63) is 45.4 Å². The van der Waals surface area contributed by atoms with Crippen LogP contribution in [0, 0.1) is 0 Å². The summed E-state index contributed by atoms with van der Waals surface area (Å²) < 4.78 is 5.27. The lowest BCUT2D eigenvalue weighted by atomic mass is 10.1. The summed E-state index contributed by atoms with van der Waals surface area (Å²) in [5, 5.41) is 0.732. The van der Waals surface area contributed by atoms with E-state index in [4.69, 9.17) is 16.3 Å². The maximum absolute atomic E-state index is 5.95. The van der Waals surface area contributed by atoms with Crippen molar-refractivity contribution in [2.75, 3.05) is 7.11 Å². The number of methoxy groups -OCH3 is 1. The van der Waals surface area contributed by atoms with Gasteiger partial charge in [-0.3, -0.25) is 4.98 Å². The molecule has 0 bridgehead atoms. The third kappa shape index (κ3) is 2.49. The molecule has 0 saturated carbocycles. The smallest absolute Gasteiger partial charge is 0.122 e. The summed E-state index contributed by atoms with van der Waals surface area (Å²) in [5.41, 5.74) is 2.92. The highest BCUT2D eigenvalue weighted by Crippen LogP contribution is 2.25. The average Bonchev–Trinajstić information content (AvgIpc) is 2.71. The largest absolute Gasteiger partial charge is 0.496 e. The first-order valence-electron chi connectivity index (χ1n) is 4.49. The molecular weight excluding hydrogens is 230 g/mol. The SMILES string of the molecule is COc1ccc(Cl)cc1Cc1cncs1. The molecule has 0 aliphatic rings. The summed E-state index contributed by atoms with van der Waals surface area (Å²) in [5.74, 6) is 0.868. The Morgan fingerprint density at radius 3 is 3.00 bits per heavy atom. The van der Waals surface area contributed by atoms with E-state index in [1.54, 1.807) is 18.4 Å². The summed E-state index contributed by atoms with van der Waals surface area (Å²) in [6.07, 6.45) is 2.68. The number of benzene rings is 1. The van der Waals surface area contributed by atoms with E-state index in [1.807, 2.05) is 29.9 Å². The molecule has 1 aromatic carbocycles. The van der Waals surface area contributed by atoms with Crippen LogP contribution in [0.3, 0.4) is 0 Å². The maximum Gasteiger partial charge on any atom is 0.122 e. The van der Waals surface area contributed by atoms with Gasteiger partial charge in [0.15, 0.2) is 0 Å². The number of halogens is 1. The molecule has 15 heavy (non-hydrogen) atoms. The highest BCUT2D eigenvalue weighted by molar-refractivity contribution is 7.09. The van der Waals surface area contributed by atoms with Crippen LogP contribution in [0.25, 0.3) is 0 Å². The molecule has 0 amide bonds. The van der Waals surface area contributed by atoms with Crippen molar-refractivity contribution in [1.29, 1.82) is 0 Å². The molecule has 0 spiro atoms. The van der Waals surface area contributed by atoms with Crippen molar-refractivity contribution >= 4 is 22.9 Å². The quantitative estimate of drug-likeness (QED) is 0.819. The van der Waals surface area contributed by atoms with Gasteiger partial charge in [-0.1, -0.05) is 11.6 Å². The van der Waals surface area contributed by atoms with Crippen LogP contribution in [0.1, 0.15) is 10.4 Å². The van der Waals surface area contributed by atoms with Crippen LogP contribution in [-0.4, -0.2) is 12.1 Å². The minimum absolute atomic E-state index is 0.732. The molecule has 0 N–H and O–H groups in total. The van der Waals surface area contributed by atoms with E-state index in [-0.39, 0.29) is 0 Å². The van der Waals surface area contributed by atoms with E-state index in [9.17, 15) is 0 Å². The van der Waals surface area contributed by atoms with Crippen LogP contribution < -0.4 is 4.74 Å². The Hall–Kier alpha value is -1.06. The van der Waals surface area contributed by atoms with Crippen molar-refractivity contribution in [2.24, 2.45) is 0 Å². The molecule has 1 aromatic heterocycles. The third-order valence-corrected chi connectivity index (χ3v) is 3.11. The van der Waals surface area contributed by atoms with Gasteiger partial charge in [-0.2, -0.15) is 0 Å². The number of nitrogens with zero attached hydrogens (tertiary/aromatic N) is 1. The Balaban J connectivity index is 2.30. The first-order valence-corrected chi connectivity index (χ1v) is 5.75. The Bertz CT molecular complexity index is 442. The van der Waals surface area contributed by atoms with Gasteiger partial charge in [-0.25, -0.2) is 0 Å². The Morgan fingerprint density at radius 2 is 2.33 bits per heavy atom. The van der Waals surface area contributed by atoms with E-state index < -0.39 is 0 Å². The molecule has 0 atom stereocenters. The van der Waals surface area contributed by atoms with Gasteiger partial charge in [0.2, 0.25) is 0 Å². The second-order valence-corrected chi connectivity index (χ2v) is 4.51. The van der Waals surface area contributed by atoms with E-state index in [0.717, 1.165) is 22.8 Å². The fourth-order valence-corrected chi connectivity index (χ4v) is 2.21. The first kappa shape index (κ1) is 10.5. The second kappa shape index (κ2) is 4.64. The van der Waals surface area contributed by atoms with E-state index in [1.165, 1.54) is 4.88 Å². The normalized spacial score (nSPS) is 10.3. The molecule has 78 valence electrons. The molecule has 0 aliphatic carbocycles. The van der Waals surface area contributed by atoms with E-state index in [2.05, 4.69) is 4.98 Å². The Morgan fingerprint density at radius 1 is 1.47 bits per heavy atom. The predicted octanol–water partition coefficient (Wildman–Crippen LogP) is 3.40. The van der Waals surface area contributed by atoms with E-state index in [0.29, 0.717) is 0 Å². The maximum atomic E-state index is 5.95. The van der Waals surface area contributed by atoms with Crippen LogP contribution in [0.15, 0.2) is 29.9 Å². The van der Waals surface area contributed by atoms with Crippen LogP contribution in [0.4, 0.5) is 0 Å².